The monoisotopic (exact) mass is 445 g/mol. The summed E-state index contributed by atoms with van der Waals surface area (Å²) in [6, 6.07) is 30.7. The molecule has 31 heavy (non-hydrogen) atoms. The van der Waals surface area contributed by atoms with Gasteiger partial charge in [-0.1, -0.05) is 77.8 Å². The van der Waals surface area contributed by atoms with Crippen LogP contribution in [0.25, 0.3) is 22.3 Å². The molecule has 0 radical (unpaired) electrons. The average molecular weight is 446 g/mol. The number of hydrogen-bond acceptors (Lipinski definition) is 3. The van der Waals surface area contributed by atoms with Crippen LogP contribution in [-0.4, -0.2) is 0 Å². The van der Waals surface area contributed by atoms with E-state index in [4.69, 9.17) is 32.4 Å². The summed E-state index contributed by atoms with van der Waals surface area (Å²) in [5, 5.41) is 5.42. The predicted octanol–water partition coefficient (Wildman–Crippen LogP) is 8.94. The summed E-state index contributed by atoms with van der Waals surface area (Å²) in [6.07, 6.45) is 0. The van der Waals surface area contributed by atoms with E-state index in [0.29, 0.717) is 21.5 Å². The third-order valence-electron chi connectivity index (χ3n) is 4.88. The lowest BCUT2D eigenvalue weighted by Crippen LogP contribution is -1.95. The Labute approximate surface area is 189 Å². The van der Waals surface area contributed by atoms with Gasteiger partial charge >= 0.3 is 0 Å². The number of furan rings is 1. The SMILES string of the molecule is Clc1ccccc1Nc1cc2oc(-c3ccccc3)cc2cc1Oc1ccccc1Cl. The molecule has 0 aliphatic rings. The Morgan fingerprint density at radius 3 is 2.13 bits per heavy atom. The molecule has 0 spiro atoms. The Bertz CT molecular complexity index is 1280. The number of hydrogen-bond donors (Lipinski definition) is 1. The van der Waals surface area contributed by atoms with E-state index >= 15 is 0 Å². The Kier molecular flexibility index (Phi) is 5.29. The molecule has 0 aliphatic heterocycles. The van der Waals surface area contributed by atoms with Crippen molar-refractivity contribution in [2.24, 2.45) is 0 Å². The van der Waals surface area contributed by atoms with Gasteiger partial charge in [-0.2, -0.15) is 0 Å². The molecule has 0 atom stereocenters. The van der Waals surface area contributed by atoms with E-state index in [2.05, 4.69) is 5.32 Å². The van der Waals surface area contributed by atoms with Crippen molar-refractivity contribution in [2.45, 2.75) is 0 Å². The van der Waals surface area contributed by atoms with Crippen molar-refractivity contribution in [3.05, 3.63) is 107 Å². The van der Waals surface area contributed by atoms with Crippen molar-refractivity contribution >= 4 is 45.5 Å². The van der Waals surface area contributed by atoms with Gasteiger partial charge in [0.25, 0.3) is 0 Å². The molecule has 0 aliphatic carbocycles. The van der Waals surface area contributed by atoms with Crippen LogP contribution in [0.2, 0.25) is 10.0 Å². The molecule has 0 saturated carbocycles. The molecular formula is C26H17Cl2NO2. The first-order valence-corrected chi connectivity index (χ1v) is 10.5. The summed E-state index contributed by atoms with van der Waals surface area (Å²) in [6.45, 7) is 0. The van der Waals surface area contributed by atoms with Gasteiger partial charge in [-0.15, -0.1) is 0 Å². The lowest BCUT2D eigenvalue weighted by molar-refractivity contribution is 0.485. The van der Waals surface area contributed by atoms with Crippen molar-refractivity contribution in [3.63, 3.8) is 0 Å². The molecule has 5 rings (SSSR count). The predicted molar refractivity (Wildman–Crippen MR) is 128 cm³/mol. The first-order valence-electron chi connectivity index (χ1n) is 9.74. The van der Waals surface area contributed by atoms with Crippen molar-refractivity contribution in [3.8, 4) is 22.8 Å². The summed E-state index contributed by atoms with van der Waals surface area (Å²) in [4.78, 5) is 0. The molecule has 0 saturated heterocycles. The molecule has 5 heteroatoms. The molecule has 1 N–H and O–H groups in total. The topological polar surface area (TPSA) is 34.4 Å². The van der Waals surface area contributed by atoms with Crippen LogP contribution in [0.5, 0.6) is 11.5 Å². The molecular weight excluding hydrogens is 429 g/mol. The maximum absolute atomic E-state index is 6.37. The van der Waals surface area contributed by atoms with Crippen molar-refractivity contribution in [1.29, 1.82) is 0 Å². The number of para-hydroxylation sites is 2. The van der Waals surface area contributed by atoms with Crippen LogP contribution in [0.3, 0.4) is 0 Å². The van der Waals surface area contributed by atoms with E-state index in [1.165, 1.54) is 0 Å². The van der Waals surface area contributed by atoms with E-state index in [1.54, 1.807) is 6.07 Å². The lowest BCUT2D eigenvalue weighted by atomic mass is 10.1. The van der Waals surface area contributed by atoms with Gasteiger partial charge in [-0.25, -0.2) is 0 Å². The molecule has 152 valence electrons. The zero-order valence-corrected chi connectivity index (χ0v) is 17.8. The summed E-state index contributed by atoms with van der Waals surface area (Å²) in [5.74, 6) is 1.97. The maximum Gasteiger partial charge on any atom is 0.151 e. The number of benzene rings is 4. The van der Waals surface area contributed by atoms with Crippen LogP contribution in [0.15, 0.2) is 101 Å². The summed E-state index contributed by atoms with van der Waals surface area (Å²) in [7, 11) is 0. The third-order valence-corrected chi connectivity index (χ3v) is 5.52. The molecule has 0 unspecified atom stereocenters. The number of halogens is 2. The highest BCUT2D eigenvalue weighted by Gasteiger charge is 2.15. The molecule has 1 heterocycles. The van der Waals surface area contributed by atoms with Crippen LogP contribution >= 0.6 is 23.2 Å². The van der Waals surface area contributed by atoms with Gasteiger partial charge in [0.1, 0.15) is 17.1 Å². The lowest BCUT2D eigenvalue weighted by Gasteiger charge is -2.15. The van der Waals surface area contributed by atoms with Crippen LogP contribution in [-0.2, 0) is 0 Å². The fourth-order valence-corrected chi connectivity index (χ4v) is 3.70. The summed E-state index contributed by atoms with van der Waals surface area (Å²) in [5.41, 5.74) is 3.23. The Morgan fingerprint density at radius 1 is 0.645 bits per heavy atom. The molecule has 0 fully saturated rings. The van der Waals surface area contributed by atoms with Crippen molar-refractivity contribution in [2.75, 3.05) is 5.32 Å². The molecule has 1 aromatic heterocycles. The van der Waals surface area contributed by atoms with Gasteiger partial charge in [0.15, 0.2) is 5.75 Å². The standard InChI is InChI=1S/C26H17Cl2NO2/c27-19-10-4-6-12-21(19)29-22-16-25-18(14-24(31-25)17-8-2-1-3-9-17)15-26(22)30-23-13-7-5-11-20(23)28/h1-16,29H. The second-order valence-electron chi connectivity index (χ2n) is 7.00. The zero-order valence-electron chi connectivity index (χ0n) is 16.3. The van der Waals surface area contributed by atoms with Crippen LogP contribution in [0.4, 0.5) is 11.4 Å². The molecule has 0 amide bonds. The first kappa shape index (κ1) is 19.6. The van der Waals surface area contributed by atoms with Crippen molar-refractivity contribution in [1.82, 2.24) is 0 Å². The molecule has 0 bridgehead atoms. The second-order valence-corrected chi connectivity index (χ2v) is 7.81. The van der Waals surface area contributed by atoms with E-state index < -0.39 is 0 Å². The fourth-order valence-electron chi connectivity index (χ4n) is 3.35. The van der Waals surface area contributed by atoms with Gasteiger partial charge in [-0.05, 0) is 36.4 Å². The van der Waals surface area contributed by atoms with E-state index in [1.807, 2.05) is 91.0 Å². The number of ether oxygens (including phenoxy) is 1. The smallest absolute Gasteiger partial charge is 0.151 e. The van der Waals surface area contributed by atoms with E-state index in [9.17, 15) is 0 Å². The first-order chi connectivity index (χ1) is 15.2. The quantitative estimate of drug-likeness (QED) is 0.293. The van der Waals surface area contributed by atoms with Gasteiger partial charge in [0.05, 0.1) is 21.4 Å². The number of fused-ring (bicyclic) bond motifs is 1. The van der Waals surface area contributed by atoms with Crippen LogP contribution < -0.4 is 10.1 Å². The Balaban J connectivity index is 1.62. The minimum atomic E-state index is 0.531. The van der Waals surface area contributed by atoms with Crippen LogP contribution in [0.1, 0.15) is 0 Å². The highest BCUT2D eigenvalue weighted by atomic mass is 35.5. The average Bonchev–Trinajstić information content (AvgIpc) is 3.20. The molecule has 5 aromatic rings. The van der Waals surface area contributed by atoms with Crippen LogP contribution in [0, 0.1) is 0 Å². The largest absolute Gasteiger partial charge is 0.456 e. The molecule has 3 nitrogen and oxygen atoms in total. The van der Waals surface area contributed by atoms with Gasteiger partial charge in [0, 0.05) is 17.0 Å². The van der Waals surface area contributed by atoms with Crippen molar-refractivity contribution < 1.29 is 9.15 Å². The maximum atomic E-state index is 6.37. The Morgan fingerprint density at radius 2 is 1.35 bits per heavy atom. The van der Waals surface area contributed by atoms with Gasteiger partial charge in [0.2, 0.25) is 0 Å². The number of anilines is 2. The fraction of sp³-hybridized carbons (Fsp3) is 0. The Hall–Kier alpha value is -3.40. The highest BCUT2D eigenvalue weighted by molar-refractivity contribution is 6.33. The highest BCUT2D eigenvalue weighted by Crippen LogP contribution is 2.40. The normalized spacial score (nSPS) is 10.9. The van der Waals surface area contributed by atoms with Gasteiger partial charge in [-0.3, -0.25) is 0 Å². The second kappa shape index (κ2) is 8.38. The van der Waals surface area contributed by atoms with Gasteiger partial charge < -0.3 is 14.5 Å². The third kappa shape index (κ3) is 4.11. The molecule has 4 aromatic carbocycles. The van der Waals surface area contributed by atoms with E-state index in [0.717, 1.165) is 33.7 Å². The number of nitrogens with one attached hydrogen (secondary N) is 1. The minimum Gasteiger partial charge on any atom is -0.456 e. The summed E-state index contributed by atoms with van der Waals surface area (Å²) < 4.78 is 12.3. The zero-order chi connectivity index (χ0) is 21.2. The number of rotatable bonds is 5. The van der Waals surface area contributed by atoms with E-state index in [-0.39, 0.29) is 0 Å². The minimum absolute atomic E-state index is 0.531. The summed E-state index contributed by atoms with van der Waals surface area (Å²) >= 11 is 12.7.